The zero-order valence-electron chi connectivity index (χ0n) is 15.7. The van der Waals surface area contributed by atoms with Crippen LogP contribution in [0.3, 0.4) is 0 Å². The van der Waals surface area contributed by atoms with Crippen molar-refractivity contribution in [2.75, 3.05) is 7.05 Å². The number of aliphatic imine (C=N–C) groups is 1. The molecule has 1 aromatic heterocycles. The van der Waals surface area contributed by atoms with Gasteiger partial charge in [-0.15, -0.1) is 24.0 Å². The van der Waals surface area contributed by atoms with Gasteiger partial charge in [0.25, 0.3) is 0 Å². The summed E-state index contributed by atoms with van der Waals surface area (Å²) < 4.78 is 1.93. The predicted molar refractivity (Wildman–Crippen MR) is 121 cm³/mol. The van der Waals surface area contributed by atoms with Crippen molar-refractivity contribution < 1.29 is 0 Å². The molecule has 3 rings (SSSR count). The zero-order valence-corrected chi connectivity index (χ0v) is 18.0. The lowest BCUT2D eigenvalue weighted by molar-refractivity contribution is 0.680. The van der Waals surface area contributed by atoms with Gasteiger partial charge in [-0.2, -0.15) is 5.10 Å². The number of aromatic nitrogens is 2. The zero-order chi connectivity index (χ0) is 18.2. The highest BCUT2D eigenvalue weighted by molar-refractivity contribution is 14.0. The van der Waals surface area contributed by atoms with Crippen LogP contribution in [-0.2, 0) is 13.1 Å². The molecule has 3 aromatic rings. The van der Waals surface area contributed by atoms with Crippen LogP contribution in [0.5, 0.6) is 0 Å². The third-order valence-corrected chi connectivity index (χ3v) is 4.23. The van der Waals surface area contributed by atoms with Gasteiger partial charge in [0, 0.05) is 26.0 Å². The number of rotatable bonds is 6. The number of guanidine groups is 1. The molecule has 5 nitrogen and oxygen atoms in total. The second-order valence-electron chi connectivity index (χ2n) is 6.23. The topological polar surface area (TPSA) is 54.2 Å². The van der Waals surface area contributed by atoms with Crippen molar-refractivity contribution in [3.63, 3.8) is 0 Å². The number of hydrogen-bond donors (Lipinski definition) is 2. The molecule has 0 amide bonds. The molecule has 142 valence electrons. The third kappa shape index (κ3) is 6.39. The maximum absolute atomic E-state index is 4.33. The second-order valence-corrected chi connectivity index (χ2v) is 6.23. The quantitative estimate of drug-likeness (QED) is 0.322. The molecule has 0 saturated heterocycles. The fourth-order valence-corrected chi connectivity index (χ4v) is 2.83. The van der Waals surface area contributed by atoms with E-state index >= 15 is 0 Å². The van der Waals surface area contributed by atoms with E-state index in [4.69, 9.17) is 0 Å². The largest absolute Gasteiger partial charge is 0.352 e. The Labute approximate surface area is 177 Å². The van der Waals surface area contributed by atoms with Crippen LogP contribution in [0.2, 0.25) is 0 Å². The highest BCUT2D eigenvalue weighted by Crippen LogP contribution is 2.11. The molecule has 6 heteroatoms. The Bertz CT molecular complexity index is 831. The van der Waals surface area contributed by atoms with E-state index in [-0.39, 0.29) is 30.0 Å². The first kappa shape index (κ1) is 21.0. The van der Waals surface area contributed by atoms with Crippen molar-refractivity contribution in [2.45, 2.75) is 26.1 Å². The fraction of sp³-hybridized carbons (Fsp3) is 0.238. The Kier molecular flexibility index (Phi) is 8.32. The van der Waals surface area contributed by atoms with Gasteiger partial charge in [0.2, 0.25) is 0 Å². The summed E-state index contributed by atoms with van der Waals surface area (Å²) in [5, 5.41) is 11.1. The van der Waals surface area contributed by atoms with E-state index < -0.39 is 0 Å². The van der Waals surface area contributed by atoms with E-state index in [0.29, 0.717) is 6.54 Å². The maximum Gasteiger partial charge on any atom is 0.191 e. The lowest BCUT2D eigenvalue weighted by Gasteiger charge is -2.18. The van der Waals surface area contributed by atoms with Crippen LogP contribution in [0.1, 0.15) is 29.7 Å². The molecular weight excluding hydrogens is 449 g/mol. The summed E-state index contributed by atoms with van der Waals surface area (Å²) in [4.78, 5) is 4.33. The van der Waals surface area contributed by atoms with E-state index in [1.165, 1.54) is 16.7 Å². The Morgan fingerprint density at radius 2 is 1.85 bits per heavy atom. The average Bonchev–Trinajstić information content (AvgIpc) is 3.19. The average molecular weight is 475 g/mol. The van der Waals surface area contributed by atoms with Crippen LogP contribution in [0, 0.1) is 0 Å². The van der Waals surface area contributed by atoms with E-state index in [9.17, 15) is 0 Å². The van der Waals surface area contributed by atoms with Gasteiger partial charge in [0.05, 0.1) is 12.6 Å². The van der Waals surface area contributed by atoms with Gasteiger partial charge in [-0.25, -0.2) is 0 Å². The molecule has 0 radical (unpaired) electrons. The summed E-state index contributed by atoms with van der Waals surface area (Å²) in [6.45, 7) is 3.62. The number of benzene rings is 2. The minimum Gasteiger partial charge on any atom is -0.352 e. The molecule has 0 aliphatic rings. The first-order valence-electron chi connectivity index (χ1n) is 8.82. The predicted octanol–water partition coefficient (Wildman–Crippen LogP) is 3.98. The summed E-state index contributed by atoms with van der Waals surface area (Å²) in [5.74, 6) is 0.791. The Morgan fingerprint density at radius 1 is 1.07 bits per heavy atom. The van der Waals surface area contributed by atoms with Gasteiger partial charge in [0.1, 0.15) is 0 Å². The first-order chi connectivity index (χ1) is 12.7. The summed E-state index contributed by atoms with van der Waals surface area (Å²) in [5.41, 5.74) is 3.68. The Hall–Kier alpha value is -2.35. The SMILES string of the molecule is CN=C(NCc1cccc(Cn2cccn2)c1)NC(C)c1ccccc1.I. The van der Waals surface area contributed by atoms with Crippen molar-refractivity contribution >= 4 is 29.9 Å². The smallest absolute Gasteiger partial charge is 0.191 e. The van der Waals surface area contributed by atoms with Crippen LogP contribution >= 0.6 is 24.0 Å². The van der Waals surface area contributed by atoms with Crippen molar-refractivity contribution in [2.24, 2.45) is 4.99 Å². The molecule has 2 aromatic carbocycles. The molecule has 1 atom stereocenters. The molecule has 0 bridgehead atoms. The molecule has 0 fully saturated rings. The molecule has 2 N–H and O–H groups in total. The van der Waals surface area contributed by atoms with E-state index in [0.717, 1.165) is 12.5 Å². The van der Waals surface area contributed by atoms with Crippen LogP contribution in [0.4, 0.5) is 0 Å². The summed E-state index contributed by atoms with van der Waals surface area (Å²) in [7, 11) is 1.79. The number of hydrogen-bond acceptors (Lipinski definition) is 2. The number of halogens is 1. The Morgan fingerprint density at radius 3 is 2.56 bits per heavy atom. The standard InChI is InChI=1S/C21H25N5.HI/c1-17(20-10-4-3-5-11-20)25-21(22-2)23-15-18-8-6-9-19(14-18)16-26-13-7-12-24-26;/h3-14,17H,15-16H2,1-2H3,(H2,22,23,25);1H. The van der Waals surface area contributed by atoms with Gasteiger partial charge in [0.15, 0.2) is 5.96 Å². The van der Waals surface area contributed by atoms with Gasteiger partial charge in [-0.1, -0.05) is 54.6 Å². The monoisotopic (exact) mass is 475 g/mol. The molecule has 0 aliphatic heterocycles. The van der Waals surface area contributed by atoms with Crippen molar-refractivity contribution in [1.29, 1.82) is 0 Å². The molecule has 0 spiro atoms. The molecule has 1 heterocycles. The van der Waals surface area contributed by atoms with Crippen molar-refractivity contribution in [3.8, 4) is 0 Å². The lowest BCUT2D eigenvalue weighted by Crippen LogP contribution is -2.38. The first-order valence-corrected chi connectivity index (χ1v) is 8.82. The number of nitrogens with zero attached hydrogens (tertiary/aromatic N) is 3. The minimum absolute atomic E-state index is 0. The molecular formula is C21H26IN5. The minimum atomic E-state index is 0. The van der Waals surface area contributed by atoms with E-state index in [1.807, 2.05) is 23.0 Å². The van der Waals surface area contributed by atoms with Crippen LogP contribution < -0.4 is 10.6 Å². The second kappa shape index (κ2) is 10.7. The van der Waals surface area contributed by atoms with Crippen LogP contribution in [0.15, 0.2) is 78.0 Å². The van der Waals surface area contributed by atoms with Crippen molar-refractivity contribution in [1.82, 2.24) is 20.4 Å². The fourth-order valence-electron chi connectivity index (χ4n) is 2.83. The Balaban J connectivity index is 0.00000261. The summed E-state index contributed by atoms with van der Waals surface area (Å²) >= 11 is 0. The van der Waals surface area contributed by atoms with Crippen LogP contribution in [0.25, 0.3) is 0 Å². The molecule has 27 heavy (non-hydrogen) atoms. The molecule has 1 unspecified atom stereocenters. The normalized spacial score (nSPS) is 12.1. The van der Waals surface area contributed by atoms with E-state index in [1.54, 1.807) is 13.2 Å². The third-order valence-electron chi connectivity index (χ3n) is 4.23. The molecule has 0 saturated carbocycles. The van der Waals surface area contributed by atoms with Crippen molar-refractivity contribution in [3.05, 3.63) is 89.7 Å². The molecule has 0 aliphatic carbocycles. The van der Waals surface area contributed by atoms with Gasteiger partial charge >= 0.3 is 0 Å². The summed E-state index contributed by atoms with van der Waals surface area (Å²) in [6.07, 6.45) is 3.77. The summed E-state index contributed by atoms with van der Waals surface area (Å²) in [6, 6.07) is 21.0. The van der Waals surface area contributed by atoms with Gasteiger partial charge in [-0.05, 0) is 29.7 Å². The van der Waals surface area contributed by atoms with Gasteiger partial charge in [-0.3, -0.25) is 9.67 Å². The lowest BCUT2D eigenvalue weighted by atomic mass is 10.1. The maximum atomic E-state index is 4.33. The number of nitrogens with one attached hydrogen (secondary N) is 2. The van der Waals surface area contributed by atoms with Crippen LogP contribution in [-0.4, -0.2) is 22.8 Å². The van der Waals surface area contributed by atoms with E-state index in [2.05, 4.69) is 76.2 Å². The van der Waals surface area contributed by atoms with Gasteiger partial charge < -0.3 is 10.6 Å². The highest BCUT2D eigenvalue weighted by atomic mass is 127. The highest BCUT2D eigenvalue weighted by Gasteiger charge is 2.07.